The van der Waals surface area contributed by atoms with Gasteiger partial charge in [0.05, 0.1) is 19.9 Å². The molecule has 3 rings (SSSR count). The molecular formula is C20H26N2O4. The Labute approximate surface area is 154 Å². The molecule has 1 amide bonds. The van der Waals surface area contributed by atoms with Crippen molar-refractivity contribution in [3.63, 3.8) is 0 Å². The van der Waals surface area contributed by atoms with E-state index in [0.29, 0.717) is 19.4 Å². The van der Waals surface area contributed by atoms with Crippen LogP contribution in [-0.2, 0) is 11.2 Å². The van der Waals surface area contributed by atoms with Crippen LogP contribution in [0.25, 0.3) is 0 Å². The summed E-state index contributed by atoms with van der Waals surface area (Å²) in [5.41, 5.74) is 3.02. The van der Waals surface area contributed by atoms with E-state index in [0.717, 1.165) is 47.0 Å². The number of carbonyl (C=O) groups is 1. The van der Waals surface area contributed by atoms with Crippen LogP contribution < -0.4 is 9.47 Å². The third-order valence-electron chi connectivity index (χ3n) is 5.19. The van der Waals surface area contributed by atoms with Crippen molar-refractivity contribution in [1.82, 2.24) is 10.1 Å². The van der Waals surface area contributed by atoms with E-state index in [2.05, 4.69) is 5.16 Å². The summed E-state index contributed by atoms with van der Waals surface area (Å²) in [7, 11) is 3.33. The second-order valence-electron chi connectivity index (χ2n) is 6.74. The summed E-state index contributed by atoms with van der Waals surface area (Å²) >= 11 is 0. The Morgan fingerprint density at radius 1 is 1.31 bits per heavy atom. The zero-order chi connectivity index (χ0) is 18.7. The van der Waals surface area contributed by atoms with Gasteiger partial charge in [0.25, 0.3) is 0 Å². The number of carbonyl (C=O) groups excluding carboxylic acids is 1. The topological polar surface area (TPSA) is 64.8 Å². The van der Waals surface area contributed by atoms with Crippen molar-refractivity contribution in [3.8, 4) is 11.5 Å². The molecule has 1 aliphatic rings. The van der Waals surface area contributed by atoms with Crippen molar-refractivity contribution in [2.45, 2.75) is 39.0 Å². The van der Waals surface area contributed by atoms with E-state index in [1.54, 1.807) is 14.2 Å². The van der Waals surface area contributed by atoms with Gasteiger partial charge in [-0.15, -0.1) is 0 Å². The van der Waals surface area contributed by atoms with Crippen molar-refractivity contribution in [1.29, 1.82) is 0 Å². The average molecular weight is 358 g/mol. The monoisotopic (exact) mass is 358 g/mol. The predicted molar refractivity (Wildman–Crippen MR) is 97.8 cm³/mol. The number of nitrogens with zero attached hydrogens (tertiary/aromatic N) is 2. The SMILES string of the molecule is COc1ccc(OC)c([C@H]2CCN(C(=O)CCc3c(C)noc3C)C2)c1. The second kappa shape index (κ2) is 7.81. The molecule has 1 aromatic heterocycles. The standard InChI is InChI=1S/C20H26N2O4/c1-13-17(14(2)26-21-13)6-8-20(23)22-10-9-15(12-22)18-11-16(24-3)5-7-19(18)25-4/h5,7,11,15H,6,8-10,12H2,1-4H3/t15-/m0/s1. The summed E-state index contributed by atoms with van der Waals surface area (Å²) in [5, 5.41) is 3.95. The van der Waals surface area contributed by atoms with E-state index < -0.39 is 0 Å². The molecule has 0 aliphatic carbocycles. The molecule has 1 atom stereocenters. The lowest BCUT2D eigenvalue weighted by atomic mass is 9.97. The molecule has 6 nitrogen and oxygen atoms in total. The summed E-state index contributed by atoms with van der Waals surface area (Å²) in [5.74, 6) is 2.90. The smallest absolute Gasteiger partial charge is 0.222 e. The molecule has 0 unspecified atom stereocenters. The summed E-state index contributed by atoms with van der Waals surface area (Å²) < 4.78 is 16.0. The minimum absolute atomic E-state index is 0.175. The molecule has 2 heterocycles. The summed E-state index contributed by atoms with van der Waals surface area (Å²) in [6, 6.07) is 5.83. The number of hydrogen-bond acceptors (Lipinski definition) is 5. The minimum atomic E-state index is 0.175. The molecule has 2 aromatic rings. The first-order chi connectivity index (χ1) is 12.5. The highest BCUT2D eigenvalue weighted by molar-refractivity contribution is 5.77. The van der Waals surface area contributed by atoms with Gasteiger partial charge < -0.3 is 18.9 Å². The molecule has 1 aliphatic heterocycles. The zero-order valence-electron chi connectivity index (χ0n) is 15.9. The maximum absolute atomic E-state index is 12.6. The maximum Gasteiger partial charge on any atom is 0.222 e. The summed E-state index contributed by atoms with van der Waals surface area (Å²) in [6.45, 7) is 5.29. The fourth-order valence-corrected chi connectivity index (χ4v) is 3.65. The van der Waals surface area contributed by atoms with Crippen LogP contribution in [-0.4, -0.2) is 43.3 Å². The van der Waals surface area contributed by atoms with Gasteiger partial charge in [-0.2, -0.15) is 0 Å². The third kappa shape index (κ3) is 3.69. The largest absolute Gasteiger partial charge is 0.497 e. The van der Waals surface area contributed by atoms with Crippen molar-refractivity contribution in [3.05, 3.63) is 40.8 Å². The molecule has 0 bridgehead atoms. The van der Waals surface area contributed by atoms with Crippen molar-refractivity contribution in [2.75, 3.05) is 27.3 Å². The Hall–Kier alpha value is -2.50. The summed E-state index contributed by atoms with van der Waals surface area (Å²) in [6.07, 6.45) is 2.08. The first kappa shape index (κ1) is 18.3. The van der Waals surface area contributed by atoms with E-state index >= 15 is 0 Å². The summed E-state index contributed by atoms with van der Waals surface area (Å²) in [4.78, 5) is 14.6. The molecule has 6 heteroatoms. The van der Waals surface area contributed by atoms with Gasteiger partial charge in [0, 0.05) is 36.6 Å². The lowest BCUT2D eigenvalue weighted by Crippen LogP contribution is -2.28. The maximum atomic E-state index is 12.6. The molecule has 1 fully saturated rings. The Kier molecular flexibility index (Phi) is 5.49. The van der Waals surface area contributed by atoms with Gasteiger partial charge >= 0.3 is 0 Å². The number of amides is 1. The van der Waals surface area contributed by atoms with Gasteiger partial charge in [0.2, 0.25) is 5.91 Å². The van der Waals surface area contributed by atoms with Gasteiger partial charge in [0.15, 0.2) is 0 Å². The number of ether oxygens (including phenoxy) is 2. The number of benzene rings is 1. The van der Waals surface area contributed by atoms with Crippen LogP contribution >= 0.6 is 0 Å². The van der Waals surface area contributed by atoms with Crippen LogP contribution in [0.3, 0.4) is 0 Å². The highest BCUT2D eigenvalue weighted by atomic mass is 16.5. The van der Waals surface area contributed by atoms with Crippen LogP contribution in [0.5, 0.6) is 11.5 Å². The highest BCUT2D eigenvalue weighted by Gasteiger charge is 2.29. The Balaban J connectivity index is 1.64. The van der Waals surface area contributed by atoms with E-state index in [-0.39, 0.29) is 11.8 Å². The molecule has 0 radical (unpaired) electrons. The number of methoxy groups -OCH3 is 2. The van der Waals surface area contributed by atoms with Gasteiger partial charge in [-0.05, 0) is 44.9 Å². The normalized spacial score (nSPS) is 16.8. The van der Waals surface area contributed by atoms with Crippen molar-refractivity contribution in [2.24, 2.45) is 0 Å². The molecule has 0 N–H and O–H groups in total. The van der Waals surface area contributed by atoms with Crippen molar-refractivity contribution >= 4 is 5.91 Å². The molecular weight excluding hydrogens is 332 g/mol. The molecule has 1 aromatic carbocycles. The lowest BCUT2D eigenvalue weighted by Gasteiger charge is -2.18. The van der Waals surface area contributed by atoms with Crippen molar-refractivity contribution < 1.29 is 18.8 Å². The lowest BCUT2D eigenvalue weighted by molar-refractivity contribution is -0.130. The van der Waals surface area contributed by atoms with Gasteiger partial charge in [-0.25, -0.2) is 0 Å². The Morgan fingerprint density at radius 3 is 2.77 bits per heavy atom. The molecule has 0 spiro atoms. The first-order valence-corrected chi connectivity index (χ1v) is 8.95. The van der Waals surface area contributed by atoms with Gasteiger partial charge in [0.1, 0.15) is 17.3 Å². The highest BCUT2D eigenvalue weighted by Crippen LogP contribution is 2.36. The number of hydrogen-bond donors (Lipinski definition) is 0. The minimum Gasteiger partial charge on any atom is -0.497 e. The quantitative estimate of drug-likeness (QED) is 0.793. The average Bonchev–Trinajstić information content (AvgIpc) is 3.27. The van der Waals surface area contributed by atoms with Crippen LogP contribution in [0.1, 0.15) is 41.3 Å². The first-order valence-electron chi connectivity index (χ1n) is 8.95. The van der Waals surface area contributed by atoms with E-state index in [9.17, 15) is 4.79 Å². The van der Waals surface area contributed by atoms with E-state index in [4.69, 9.17) is 14.0 Å². The Bertz CT molecular complexity index is 765. The fourth-order valence-electron chi connectivity index (χ4n) is 3.65. The van der Waals surface area contributed by atoms with E-state index in [1.807, 2.05) is 36.9 Å². The van der Waals surface area contributed by atoms with Crippen LogP contribution in [0.2, 0.25) is 0 Å². The van der Waals surface area contributed by atoms with Crippen LogP contribution in [0.15, 0.2) is 22.7 Å². The number of aryl methyl sites for hydroxylation is 2. The predicted octanol–water partition coefficient (Wildman–Crippen LogP) is 3.26. The second-order valence-corrected chi connectivity index (χ2v) is 6.74. The molecule has 26 heavy (non-hydrogen) atoms. The third-order valence-corrected chi connectivity index (χ3v) is 5.19. The number of aromatic nitrogens is 1. The van der Waals surface area contributed by atoms with Gasteiger partial charge in [-0.3, -0.25) is 4.79 Å². The van der Waals surface area contributed by atoms with Crippen LogP contribution in [0, 0.1) is 13.8 Å². The van der Waals surface area contributed by atoms with E-state index in [1.165, 1.54) is 0 Å². The number of likely N-dealkylation sites (tertiary alicyclic amines) is 1. The Morgan fingerprint density at radius 2 is 2.12 bits per heavy atom. The fraction of sp³-hybridized carbons (Fsp3) is 0.500. The molecule has 140 valence electrons. The number of rotatable bonds is 6. The van der Waals surface area contributed by atoms with Crippen LogP contribution in [0.4, 0.5) is 0 Å². The molecule has 0 saturated carbocycles. The van der Waals surface area contributed by atoms with Gasteiger partial charge in [-0.1, -0.05) is 5.16 Å². The molecule has 1 saturated heterocycles. The zero-order valence-corrected chi connectivity index (χ0v) is 15.9.